The van der Waals surface area contributed by atoms with Gasteiger partial charge in [0.15, 0.2) is 11.4 Å². The summed E-state index contributed by atoms with van der Waals surface area (Å²) < 4.78 is 7.47. The van der Waals surface area contributed by atoms with E-state index in [0.29, 0.717) is 11.9 Å². The van der Waals surface area contributed by atoms with Crippen LogP contribution in [-0.4, -0.2) is 37.8 Å². The van der Waals surface area contributed by atoms with Gasteiger partial charge in [0.2, 0.25) is 0 Å². The molecule has 2 aromatic heterocycles. The van der Waals surface area contributed by atoms with E-state index >= 15 is 0 Å². The minimum atomic E-state index is -1.04. The van der Waals surface area contributed by atoms with Gasteiger partial charge in [-0.25, -0.2) is 15.0 Å². The summed E-state index contributed by atoms with van der Waals surface area (Å²) in [7, 11) is 0. The van der Waals surface area contributed by atoms with E-state index in [1.165, 1.54) is 5.56 Å². The van der Waals surface area contributed by atoms with Gasteiger partial charge in [-0.15, -0.1) is 0 Å². The maximum atomic E-state index is 10.3. The van der Waals surface area contributed by atoms with Crippen LogP contribution in [0.5, 0.6) is 0 Å². The molecule has 0 bridgehead atoms. The van der Waals surface area contributed by atoms with Crippen LogP contribution in [0.3, 0.4) is 0 Å². The van der Waals surface area contributed by atoms with Crippen molar-refractivity contribution in [1.82, 2.24) is 19.5 Å². The molecule has 1 atom stereocenters. The Bertz CT molecular complexity index is 1200. The van der Waals surface area contributed by atoms with Gasteiger partial charge in [-0.1, -0.05) is 36.4 Å². The van der Waals surface area contributed by atoms with Crippen molar-refractivity contribution in [3.63, 3.8) is 0 Å². The average molecular weight is 384 g/mol. The second-order valence-corrected chi connectivity index (χ2v) is 7.89. The molecule has 2 aliphatic rings. The zero-order chi connectivity index (χ0) is 19.4. The Labute approximate surface area is 167 Å². The van der Waals surface area contributed by atoms with Gasteiger partial charge >= 0.3 is 0 Å². The molecule has 1 fully saturated rings. The lowest BCUT2D eigenvalue weighted by Crippen LogP contribution is -2.47. The van der Waals surface area contributed by atoms with E-state index in [1.54, 1.807) is 12.4 Å². The summed E-state index contributed by atoms with van der Waals surface area (Å²) in [5, 5.41) is 10.3. The highest BCUT2D eigenvalue weighted by atomic mass is 16.5. The molecule has 6 rings (SSSR count). The van der Waals surface area contributed by atoms with E-state index in [-0.39, 0.29) is 13.2 Å². The number of imidazole rings is 1. The number of fused-ring (bicyclic) bond motifs is 3. The highest BCUT2D eigenvalue weighted by Gasteiger charge is 2.40. The minimum Gasteiger partial charge on any atom is -0.377 e. The molecule has 1 N–H and O–H groups in total. The molecule has 0 saturated carbocycles. The first-order valence-electron chi connectivity index (χ1n) is 9.90. The molecule has 0 amide bonds. The highest BCUT2D eigenvalue weighted by Crippen LogP contribution is 2.36. The summed E-state index contributed by atoms with van der Waals surface area (Å²) in [6.45, 7) is 0.502. The zero-order valence-corrected chi connectivity index (χ0v) is 15.8. The molecule has 4 heterocycles. The summed E-state index contributed by atoms with van der Waals surface area (Å²) in [4.78, 5) is 13.6. The van der Waals surface area contributed by atoms with Crippen LogP contribution in [-0.2, 0) is 16.8 Å². The van der Waals surface area contributed by atoms with Crippen molar-refractivity contribution in [3.05, 3.63) is 78.1 Å². The van der Waals surface area contributed by atoms with Crippen LogP contribution in [0, 0.1) is 0 Å². The van der Waals surface area contributed by atoms with Crippen molar-refractivity contribution < 1.29 is 9.84 Å². The molecule has 0 unspecified atom stereocenters. The maximum Gasteiger partial charge on any atom is 0.170 e. The number of rotatable bonds is 3. The molecular weight excluding hydrogens is 364 g/mol. The van der Waals surface area contributed by atoms with Gasteiger partial charge in [-0.2, -0.15) is 0 Å². The molecule has 29 heavy (non-hydrogen) atoms. The first kappa shape index (κ1) is 16.8. The predicted molar refractivity (Wildman–Crippen MR) is 108 cm³/mol. The van der Waals surface area contributed by atoms with Crippen LogP contribution < -0.4 is 0 Å². The largest absolute Gasteiger partial charge is 0.377 e. The maximum absolute atomic E-state index is 10.3. The fraction of sp³-hybridized carbons (Fsp3) is 0.261. The quantitative estimate of drug-likeness (QED) is 0.587. The van der Waals surface area contributed by atoms with Crippen LogP contribution in [0.2, 0.25) is 0 Å². The first-order chi connectivity index (χ1) is 14.2. The van der Waals surface area contributed by atoms with E-state index < -0.39 is 5.60 Å². The van der Waals surface area contributed by atoms with Gasteiger partial charge < -0.3 is 14.4 Å². The molecule has 6 heteroatoms. The van der Waals surface area contributed by atoms with Crippen molar-refractivity contribution in [2.24, 2.45) is 0 Å². The normalized spacial score (nSPS) is 19.8. The molecule has 2 aliphatic heterocycles. The number of nitrogens with zero attached hydrogens (tertiary/aromatic N) is 4. The number of aromatic nitrogens is 4. The van der Waals surface area contributed by atoms with Crippen LogP contribution >= 0.6 is 0 Å². The molecule has 6 nitrogen and oxygen atoms in total. The summed E-state index contributed by atoms with van der Waals surface area (Å²) in [5.41, 5.74) is 4.39. The number of hydrogen-bond acceptors (Lipinski definition) is 5. The summed E-state index contributed by atoms with van der Waals surface area (Å²) in [5.74, 6) is 1.56. The molecule has 4 aromatic rings. The van der Waals surface area contributed by atoms with Crippen LogP contribution in [0.15, 0.2) is 60.9 Å². The van der Waals surface area contributed by atoms with E-state index in [1.807, 2.05) is 0 Å². The summed E-state index contributed by atoms with van der Waals surface area (Å²) in [6, 6.07) is 17.2. The standard InChI is InChI=1S/C23H20N4O2/c28-23(13-29-14-23)22-24-11-17(12-25-22)16-6-7-18-20(10-16)27-19(8-9-21(27)26-18)15-4-2-1-3-5-15/h1-7,10-12,19,28H,8-9,13-14H2/t19-/m1/s1. The van der Waals surface area contributed by atoms with Gasteiger partial charge in [0.05, 0.1) is 30.3 Å². The third-order valence-corrected chi connectivity index (χ3v) is 5.98. The van der Waals surface area contributed by atoms with Crippen LogP contribution in [0.25, 0.3) is 22.2 Å². The van der Waals surface area contributed by atoms with Crippen molar-refractivity contribution >= 4 is 11.0 Å². The Morgan fingerprint density at radius 2 is 1.79 bits per heavy atom. The molecule has 1 saturated heterocycles. The molecule has 144 valence electrons. The minimum absolute atomic E-state index is 0.251. The van der Waals surface area contributed by atoms with Gasteiger partial charge in [0.1, 0.15) is 5.82 Å². The summed E-state index contributed by atoms with van der Waals surface area (Å²) >= 11 is 0. The Morgan fingerprint density at radius 3 is 2.52 bits per heavy atom. The lowest BCUT2D eigenvalue weighted by molar-refractivity contribution is -0.189. The predicted octanol–water partition coefficient (Wildman–Crippen LogP) is 3.25. The lowest BCUT2D eigenvalue weighted by Gasteiger charge is -2.34. The Balaban J connectivity index is 1.41. The molecular formula is C23H20N4O2. The number of ether oxygens (including phenoxy) is 1. The number of aliphatic hydroxyl groups is 1. The SMILES string of the molecule is OC1(c2ncc(-c3ccc4nc5n(c4c3)[C@@H](c3ccccc3)CC5)cn2)COC1. The number of hydrogen-bond donors (Lipinski definition) is 1. The molecule has 0 aliphatic carbocycles. The Kier molecular flexibility index (Phi) is 3.60. The third kappa shape index (κ3) is 2.60. The van der Waals surface area contributed by atoms with E-state index in [0.717, 1.165) is 40.8 Å². The third-order valence-electron chi connectivity index (χ3n) is 5.98. The highest BCUT2D eigenvalue weighted by molar-refractivity contribution is 5.83. The van der Waals surface area contributed by atoms with Gasteiger partial charge in [-0.05, 0) is 29.7 Å². The Hall–Kier alpha value is -3.09. The van der Waals surface area contributed by atoms with E-state index in [2.05, 4.69) is 63.1 Å². The van der Waals surface area contributed by atoms with Crippen LogP contribution in [0.1, 0.15) is 29.7 Å². The van der Waals surface area contributed by atoms with Gasteiger partial charge in [0.25, 0.3) is 0 Å². The van der Waals surface area contributed by atoms with Crippen molar-refractivity contribution in [2.75, 3.05) is 13.2 Å². The number of aryl methyl sites for hydroxylation is 1. The average Bonchev–Trinajstić information content (AvgIpc) is 3.32. The van der Waals surface area contributed by atoms with Gasteiger partial charge in [0, 0.05) is 24.4 Å². The monoisotopic (exact) mass is 384 g/mol. The smallest absolute Gasteiger partial charge is 0.170 e. The van der Waals surface area contributed by atoms with Crippen LogP contribution in [0.4, 0.5) is 0 Å². The number of benzene rings is 2. The van der Waals surface area contributed by atoms with E-state index in [4.69, 9.17) is 9.72 Å². The van der Waals surface area contributed by atoms with Gasteiger partial charge in [-0.3, -0.25) is 0 Å². The topological polar surface area (TPSA) is 73.1 Å². The van der Waals surface area contributed by atoms with Crippen molar-refractivity contribution in [2.45, 2.75) is 24.5 Å². The zero-order valence-electron chi connectivity index (χ0n) is 15.8. The molecule has 2 aromatic carbocycles. The van der Waals surface area contributed by atoms with Crippen molar-refractivity contribution in [3.8, 4) is 11.1 Å². The fourth-order valence-electron chi connectivity index (χ4n) is 4.37. The first-order valence-corrected chi connectivity index (χ1v) is 9.90. The van der Waals surface area contributed by atoms with E-state index in [9.17, 15) is 5.11 Å². The summed E-state index contributed by atoms with van der Waals surface area (Å²) in [6.07, 6.45) is 5.61. The Morgan fingerprint density at radius 1 is 1.00 bits per heavy atom. The molecule has 0 radical (unpaired) electrons. The molecule has 0 spiro atoms. The lowest BCUT2D eigenvalue weighted by atomic mass is 10.0. The second-order valence-electron chi connectivity index (χ2n) is 7.89. The van der Waals surface area contributed by atoms with Crippen molar-refractivity contribution in [1.29, 1.82) is 0 Å². The fourth-order valence-corrected chi connectivity index (χ4v) is 4.37. The second kappa shape index (κ2) is 6.20.